The monoisotopic (exact) mass is 441 g/mol. The van der Waals surface area contributed by atoms with Gasteiger partial charge in [0.15, 0.2) is 5.78 Å². The van der Waals surface area contributed by atoms with E-state index in [1.54, 1.807) is 48.4 Å². The minimum Gasteiger partial charge on any atom is -0.496 e. The fourth-order valence-electron chi connectivity index (χ4n) is 4.15. The number of Topliss-reactive ketones (excluding diaryl/α,β-unsaturated/α-hetero) is 1. The molecule has 0 atom stereocenters. The Morgan fingerprint density at radius 2 is 1.94 bits per heavy atom. The maximum atomic E-state index is 12.9. The van der Waals surface area contributed by atoms with Crippen molar-refractivity contribution in [1.82, 2.24) is 4.90 Å². The number of piperidine rings is 1. The summed E-state index contributed by atoms with van der Waals surface area (Å²) in [6.07, 6.45) is 4.74. The van der Waals surface area contributed by atoms with Gasteiger partial charge < -0.3 is 19.1 Å². The molecule has 7 heteroatoms. The fraction of sp³-hybridized carbons (Fsp3) is 0.333. The number of ketones is 1. The molecule has 0 N–H and O–H groups in total. The largest absolute Gasteiger partial charge is 0.496 e. The van der Waals surface area contributed by atoms with Crippen LogP contribution in [0.2, 0.25) is 5.02 Å². The van der Waals surface area contributed by atoms with Gasteiger partial charge >= 0.3 is 0 Å². The minimum absolute atomic E-state index is 0.0126. The second-order valence-electron chi connectivity index (χ2n) is 7.80. The van der Waals surface area contributed by atoms with Gasteiger partial charge in [-0.05, 0) is 23.8 Å². The van der Waals surface area contributed by atoms with Crippen molar-refractivity contribution in [2.24, 2.45) is 0 Å². The number of benzene rings is 2. The number of nitrogens with zero attached hydrogens (tertiary/aromatic N) is 1. The summed E-state index contributed by atoms with van der Waals surface area (Å²) in [6.45, 7) is 1.03. The van der Waals surface area contributed by atoms with Gasteiger partial charge in [-0.25, -0.2) is 0 Å². The molecule has 0 aromatic heterocycles. The van der Waals surface area contributed by atoms with Crippen LogP contribution >= 0.6 is 11.6 Å². The van der Waals surface area contributed by atoms with Gasteiger partial charge in [-0.15, -0.1) is 0 Å². The van der Waals surface area contributed by atoms with Gasteiger partial charge in [-0.1, -0.05) is 23.7 Å². The number of rotatable bonds is 4. The molecule has 1 fully saturated rings. The first-order chi connectivity index (χ1) is 14.9. The van der Waals surface area contributed by atoms with Gasteiger partial charge in [0, 0.05) is 49.2 Å². The smallest absolute Gasteiger partial charge is 0.246 e. The number of hydrogen-bond acceptors (Lipinski definition) is 5. The summed E-state index contributed by atoms with van der Waals surface area (Å²) < 4.78 is 17.0. The van der Waals surface area contributed by atoms with Crippen LogP contribution < -0.4 is 14.2 Å². The van der Waals surface area contributed by atoms with Crippen molar-refractivity contribution in [2.45, 2.75) is 24.9 Å². The number of fused-ring (bicyclic) bond motifs is 1. The highest BCUT2D eigenvalue weighted by Crippen LogP contribution is 2.44. The summed E-state index contributed by atoms with van der Waals surface area (Å²) in [5, 5.41) is 0.627. The van der Waals surface area contributed by atoms with E-state index in [1.165, 1.54) is 7.11 Å². The average molecular weight is 442 g/mol. The third-order valence-electron chi connectivity index (χ3n) is 5.84. The molecule has 2 aliphatic rings. The van der Waals surface area contributed by atoms with Crippen molar-refractivity contribution >= 4 is 29.4 Å². The predicted molar refractivity (Wildman–Crippen MR) is 118 cm³/mol. The molecule has 2 aromatic carbocycles. The zero-order valence-electron chi connectivity index (χ0n) is 17.5. The van der Waals surface area contributed by atoms with Gasteiger partial charge in [-0.3, -0.25) is 9.59 Å². The second-order valence-corrected chi connectivity index (χ2v) is 8.24. The summed E-state index contributed by atoms with van der Waals surface area (Å²) in [4.78, 5) is 27.3. The van der Waals surface area contributed by atoms with E-state index in [0.717, 1.165) is 5.56 Å². The van der Waals surface area contributed by atoms with Crippen molar-refractivity contribution < 1.29 is 23.8 Å². The summed E-state index contributed by atoms with van der Waals surface area (Å²) in [7, 11) is 3.08. The van der Waals surface area contributed by atoms with E-state index in [9.17, 15) is 9.59 Å². The number of amides is 1. The lowest BCUT2D eigenvalue weighted by Crippen LogP contribution is -2.52. The molecule has 1 spiro atoms. The SMILES string of the molecule is COc1cc(OC)c2c(c1)OC1(CCN(C(=O)/C=C/c3cccc(Cl)c3)CC1)CC2=O. The van der Waals surface area contributed by atoms with Crippen molar-refractivity contribution in [3.05, 3.63) is 58.6 Å². The summed E-state index contributed by atoms with van der Waals surface area (Å²) in [6, 6.07) is 10.7. The highest BCUT2D eigenvalue weighted by molar-refractivity contribution is 6.30. The van der Waals surface area contributed by atoms with Crippen LogP contribution in [0.3, 0.4) is 0 Å². The molecule has 2 aromatic rings. The molecule has 6 nitrogen and oxygen atoms in total. The first-order valence-corrected chi connectivity index (χ1v) is 10.5. The van der Waals surface area contributed by atoms with Crippen molar-refractivity contribution in [1.29, 1.82) is 0 Å². The Balaban J connectivity index is 1.46. The highest BCUT2D eigenvalue weighted by atomic mass is 35.5. The molecule has 4 rings (SSSR count). The Morgan fingerprint density at radius 3 is 2.61 bits per heavy atom. The molecule has 0 bridgehead atoms. The molecular weight excluding hydrogens is 418 g/mol. The van der Waals surface area contributed by atoms with Crippen molar-refractivity contribution in [3.8, 4) is 17.2 Å². The number of carbonyl (C=O) groups is 2. The molecular formula is C24H24ClNO5. The van der Waals surface area contributed by atoms with E-state index in [4.69, 9.17) is 25.8 Å². The number of likely N-dealkylation sites (tertiary alicyclic amines) is 1. The van der Waals surface area contributed by atoms with E-state index in [2.05, 4.69) is 0 Å². The van der Waals surface area contributed by atoms with Crippen LogP contribution in [-0.4, -0.2) is 49.5 Å². The molecule has 0 unspecified atom stereocenters. The standard InChI is InChI=1S/C24H24ClNO5/c1-29-18-13-20(30-2)23-19(27)15-24(31-21(23)14-18)8-10-26(11-9-24)22(28)7-6-16-4-3-5-17(25)12-16/h3-7,12-14H,8-11,15H2,1-2H3/b7-6+. The van der Waals surface area contributed by atoms with Crippen LogP contribution in [-0.2, 0) is 4.79 Å². The Kier molecular flexibility index (Phi) is 5.92. The molecule has 1 amide bonds. The normalized spacial score (nSPS) is 17.4. The van der Waals surface area contributed by atoms with E-state index in [0.29, 0.717) is 53.8 Å². The number of halogens is 1. The molecule has 0 aliphatic carbocycles. The molecule has 0 radical (unpaired) electrons. The molecule has 1 saturated heterocycles. The van der Waals surface area contributed by atoms with Gasteiger partial charge in [-0.2, -0.15) is 0 Å². The Morgan fingerprint density at radius 1 is 1.16 bits per heavy atom. The zero-order valence-corrected chi connectivity index (χ0v) is 18.3. The maximum Gasteiger partial charge on any atom is 0.246 e. The second kappa shape index (κ2) is 8.63. The lowest BCUT2D eigenvalue weighted by Gasteiger charge is -2.44. The Labute approximate surface area is 186 Å². The highest BCUT2D eigenvalue weighted by Gasteiger charge is 2.44. The average Bonchev–Trinajstić information content (AvgIpc) is 2.77. The number of ether oxygens (including phenoxy) is 3. The van der Waals surface area contributed by atoms with Gasteiger partial charge in [0.1, 0.15) is 28.4 Å². The summed E-state index contributed by atoms with van der Waals surface area (Å²) >= 11 is 5.99. The third-order valence-corrected chi connectivity index (χ3v) is 6.07. The number of hydrogen-bond donors (Lipinski definition) is 0. The zero-order chi connectivity index (χ0) is 22.0. The van der Waals surface area contributed by atoms with Crippen molar-refractivity contribution in [2.75, 3.05) is 27.3 Å². The molecule has 31 heavy (non-hydrogen) atoms. The lowest BCUT2D eigenvalue weighted by molar-refractivity contribution is -0.129. The topological polar surface area (TPSA) is 65.1 Å². The molecule has 162 valence electrons. The van der Waals surface area contributed by atoms with E-state index < -0.39 is 5.60 Å². The predicted octanol–water partition coefficient (Wildman–Crippen LogP) is 4.40. The first kappa shape index (κ1) is 21.2. The first-order valence-electron chi connectivity index (χ1n) is 10.1. The summed E-state index contributed by atoms with van der Waals surface area (Å²) in [5.41, 5.74) is 0.710. The fourth-order valence-corrected chi connectivity index (χ4v) is 4.35. The summed E-state index contributed by atoms with van der Waals surface area (Å²) in [5.74, 6) is 1.42. The maximum absolute atomic E-state index is 12.9. The Bertz CT molecular complexity index is 1040. The Hall–Kier alpha value is -2.99. The van der Waals surface area contributed by atoms with Crippen LogP contribution in [0.1, 0.15) is 35.2 Å². The van der Waals surface area contributed by atoms with Crippen LogP contribution in [0, 0.1) is 0 Å². The minimum atomic E-state index is -0.616. The lowest BCUT2D eigenvalue weighted by atomic mass is 9.82. The van der Waals surface area contributed by atoms with Crippen LogP contribution in [0.25, 0.3) is 6.08 Å². The molecule has 2 aliphatic heterocycles. The van der Waals surface area contributed by atoms with E-state index in [-0.39, 0.29) is 18.1 Å². The number of methoxy groups -OCH3 is 2. The van der Waals surface area contributed by atoms with Crippen LogP contribution in [0.5, 0.6) is 17.2 Å². The van der Waals surface area contributed by atoms with Crippen molar-refractivity contribution in [3.63, 3.8) is 0 Å². The molecule has 0 saturated carbocycles. The quantitative estimate of drug-likeness (QED) is 0.658. The van der Waals surface area contributed by atoms with Gasteiger partial charge in [0.05, 0.1) is 20.6 Å². The number of carbonyl (C=O) groups excluding carboxylic acids is 2. The van der Waals surface area contributed by atoms with E-state index >= 15 is 0 Å². The molecule has 2 heterocycles. The third kappa shape index (κ3) is 4.39. The van der Waals surface area contributed by atoms with Crippen LogP contribution in [0.4, 0.5) is 0 Å². The van der Waals surface area contributed by atoms with Gasteiger partial charge in [0.25, 0.3) is 0 Å². The van der Waals surface area contributed by atoms with Crippen LogP contribution in [0.15, 0.2) is 42.5 Å². The van der Waals surface area contributed by atoms with E-state index in [1.807, 2.05) is 12.1 Å². The van der Waals surface area contributed by atoms with Gasteiger partial charge in [0.2, 0.25) is 5.91 Å².